The summed E-state index contributed by atoms with van der Waals surface area (Å²) >= 11 is 2.10. The fourth-order valence-electron chi connectivity index (χ4n) is 3.69. The van der Waals surface area contributed by atoms with Gasteiger partial charge >= 0.3 is 0 Å². The molecule has 2 fully saturated rings. The molecule has 1 unspecified atom stereocenters. The van der Waals surface area contributed by atoms with Crippen molar-refractivity contribution in [2.75, 3.05) is 69.6 Å². The average Bonchev–Trinajstić information content (AvgIpc) is 2.77. The van der Waals surface area contributed by atoms with Crippen LogP contribution in [0, 0.1) is 0 Å². The Hall–Kier alpha value is -0.810. The van der Waals surface area contributed by atoms with Gasteiger partial charge in [0.15, 0.2) is 5.96 Å². The summed E-state index contributed by atoms with van der Waals surface area (Å²) in [6.45, 7) is 13.8. The topological polar surface area (TPSA) is 59.9 Å². The zero-order chi connectivity index (χ0) is 19.6. The number of nitrogens with one attached hydrogen (secondary N) is 1. The van der Waals surface area contributed by atoms with E-state index in [0.717, 1.165) is 82.5 Å². The molecule has 0 radical (unpaired) electrons. The van der Waals surface area contributed by atoms with Crippen LogP contribution in [0.5, 0.6) is 0 Å². The van der Waals surface area contributed by atoms with Crippen molar-refractivity contribution >= 4 is 47.6 Å². The van der Waals surface area contributed by atoms with Gasteiger partial charge in [0, 0.05) is 82.3 Å². The van der Waals surface area contributed by atoms with Gasteiger partial charge in [0.25, 0.3) is 0 Å². The van der Waals surface area contributed by atoms with E-state index >= 15 is 0 Å². The minimum atomic E-state index is 0. The lowest BCUT2D eigenvalue weighted by Gasteiger charge is -2.35. The first kappa shape index (κ1) is 24.5. The Bertz CT molecular complexity index is 596. The van der Waals surface area contributed by atoms with Crippen LogP contribution >= 0.6 is 35.7 Å². The van der Waals surface area contributed by atoms with Crippen LogP contribution in [-0.4, -0.2) is 95.6 Å². The van der Waals surface area contributed by atoms with E-state index in [-0.39, 0.29) is 24.0 Å². The number of hydrogen-bond donors (Lipinski definition) is 1. The highest BCUT2D eigenvalue weighted by Gasteiger charge is 2.21. The van der Waals surface area contributed by atoms with Crippen LogP contribution in [0.3, 0.4) is 0 Å². The molecule has 1 aromatic rings. The normalized spacial score (nSPS) is 21.0. The van der Waals surface area contributed by atoms with Crippen LogP contribution in [0.25, 0.3) is 0 Å². The highest BCUT2D eigenvalue weighted by Crippen LogP contribution is 2.21. The van der Waals surface area contributed by atoms with Crippen molar-refractivity contribution in [1.29, 1.82) is 0 Å². The summed E-state index contributed by atoms with van der Waals surface area (Å²) in [5.74, 6) is 3.16. The number of halogens is 1. The Kier molecular flexibility index (Phi) is 11.4. The van der Waals surface area contributed by atoms with Crippen LogP contribution in [0.2, 0.25) is 0 Å². The molecular formula is C20H36IN7S. The molecule has 0 saturated carbocycles. The van der Waals surface area contributed by atoms with Crippen LogP contribution < -0.4 is 10.2 Å². The second-order valence-corrected chi connectivity index (χ2v) is 8.72. The second kappa shape index (κ2) is 13.5. The van der Waals surface area contributed by atoms with Crippen molar-refractivity contribution in [1.82, 2.24) is 25.1 Å². The average molecular weight is 534 g/mol. The molecule has 164 valence electrons. The first-order valence-electron chi connectivity index (χ1n) is 10.7. The smallest absolute Gasteiger partial charge is 0.225 e. The first-order valence-corrected chi connectivity index (χ1v) is 11.7. The molecular weight excluding hydrogens is 497 g/mol. The number of thioether (sulfide) groups is 1. The highest BCUT2D eigenvalue weighted by atomic mass is 127. The number of rotatable bonds is 7. The van der Waals surface area contributed by atoms with Crippen LogP contribution in [-0.2, 0) is 0 Å². The molecule has 2 aliphatic rings. The molecule has 2 saturated heterocycles. The van der Waals surface area contributed by atoms with Crippen molar-refractivity contribution in [2.45, 2.75) is 31.9 Å². The van der Waals surface area contributed by atoms with Gasteiger partial charge < -0.3 is 15.1 Å². The SMILES string of the molecule is CCNC(=NCCCN1CCN(c2ncccn2)CC1)N1CCSC(CC)C1.I. The number of piperazine rings is 1. The fourth-order valence-corrected chi connectivity index (χ4v) is 4.87. The van der Waals surface area contributed by atoms with Crippen molar-refractivity contribution < 1.29 is 0 Å². The monoisotopic (exact) mass is 533 g/mol. The van der Waals surface area contributed by atoms with Gasteiger partial charge in [-0.1, -0.05) is 6.92 Å². The maximum atomic E-state index is 4.92. The van der Waals surface area contributed by atoms with Crippen molar-refractivity contribution in [3.8, 4) is 0 Å². The van der Waals surface area contributed by atoms with Gasteiger partial charge in [-0.3, -0.25) is 9.89 Å². The summed E-state index contributed by atoms with van der Waals surface area (Å²) in [5.41, 5.74) is 0. The highest BCUT2D eigenvalue weighted by molar-refractivity contribution is 14.0. The quantitative estimate of drug-likeness (QED) is 0.250. The standard InChI is InChI=1S/C20H35N7S.HI/c1-3-18-17-27(15-16-28-18)19(21-4-2)24-9-6-10-25-11-13-26(14-12-25)20-22-7-5-8-23-20;/h5,7-8,18H,3-4,6,9-17H2,1-2H3,(H,21,24);1H. The van der Waals surface area contributed by atoms with Gasteiger partial charge in [-0.25, -0.2) is 9.97 Å². The van der Waals surface area contributed by atoms with E-state index in [1.54, 1.807) is 0 Å². The van der Waals surface area contributed by atoms with Crippen molar-refractivity contribution in [2.24, 2.45) is 4.99 Å². The van der Waals surface area contributed by atoms with Gasteiger partial charge in [-0.15, -0.1) is 24.0 Å². The molecule has 9 heteroatoms. The number of hydrogen-bond acceptors (Lipinski definition) is 6. The molecule has 0 amide bonds. The van der Waals surface area contributed by atoms with Gasteiger partial charge in [-0.2, -0.15) is 11.8 Å². The predicted molar refractivity (Wildman–Crippen MR) is 135 cm³/mol. The number of nitrogens with zero attached hydrogens (tertiary/aromatic N) is 6. The van der Waals surface area contributed by atoms with E-state index in [9.17, 15) is 0 Å². The minimum Gasteiger partial charge on any atom is -0.357 e. The van der Waals surface area contributed by atoms with E-state index < -0.39 is 0 Å². The molecule has 7 nitrogen and oxygen atoms in total. The van der Waals surface area contributed by atoms with E-state index in [2.05, 4.69) is 55.6 Å². The third kappa shape index (κ3) is 7.75. The Labute approximate surface area is 197 Å². The molecule has 3 heterocycles. The number of anilines is 1. The molecule has 0 bridgehead atoms. The molecule has 0 aliphatic carbocycles. The van der Waals surface area contributed by atoms with Crippen LogP contribution in [0.1, 0.15) is 26.7 Å². The van der Waals surface area contributed by atoms with Gasteiger partial charge in [0.05, 0.1) is 0 Å². The Morgan fingerprint density at radius 2 is 1.93 bits per heavy atom. The number of guanidine groups is 1. The third-order valence-electron chi connectivity index (χ3n) is 5.33. The Balaban J connectivity index is 0.00000300. The number of aromatic nitrogens is 2. The summed E-state index contributed by atoms with van der Waals surface area (Å²) in [4.78, 5) is 20.9. The van der Waals surface area contributed by atoms with Crippen molar-refractivity contribution in [3.05, 3.63) is 18.5 Å². The van der Waals surface area contributed by atoms with Crippen molar-refractivity contribution in [3.63, 3.8) is 0 Å². The molecule has 0 spiro atoms. The Morgan fingerprint density at radius 3 is 2.62 bits per heavy atom. The maximum absolute atomic E-state index is 4.92. The zero-order valence-electron chi connectivity index (χ0n) is 17.8. The van der Waals surface area contributed by atoms with Crippen LogP contribution in [0.4, 0.5) is 5.95 Å². The van der Waals surface area contributed by atoms with E-state index in [4.69, 9.17) is 4.99 Å². The van der Waals surface area contributed by atoms with E-state index in [1.807, 2.05) is 18.5 Å². The molecule has 2 aliphatic heterocycles. The van der Waals surface area contributed by atoms with Gasteiger partial charge in [-0.05, 0) is 25.8 Å². The molecule has 0 aromatic carbocycles. The predicted octanol–water partition coefficient (Wildman–Crippen LogP) is 2.40. The fraction of sp³-hybridized carbons (Fsp3) is 0.750. The van der Waals surface area contributed by atoms with Crippen LogP contribution in [0.15, 0.2) is 23.5 Å². The first-order chi connectivity index (χ1) is 13.8. The molecule has 1 aromatic heterocycles. The Morgan fingerprint density at radius 1 is 1.17 bits per heavy atom. The van der Waals surface area contributed by atoms with E-state index in [1.165, 1.54) is 12.2 Å². The molecule has 1 N–H and O–H groups in total. The summed E-state index contributed by atoms with van der Waals surface area (Å²) in [6, 6.07) is 1.87. The van der Waals surface area contributed by atoms with Gasteiger partial charge in [0.2, 0.25) is 5.95 Å². The number of aliphatic imine (C=N–C) groups is 1. The summed E-state index contributed by atoms with van der Waals surface area (Å²) < 4.78 is 0. The lowest BCUT2D eigenvalue weighted by atomic mass is 10.3. The molecule has 29 heavy (non-hydrogen) atoms. The zero-order valence-corrected chi connectivity index (χ0v) is 20.9. The maximum Gasteiger partial charge on any atom is 0.225 e. The lowest BCUT2D eigenvalue weighted by molar-refractivity contribution is 0.255. The van der Waals surface area contributed by atoms with E-state index in [0.29, 0.717) is 0 Å². The van der Waals surface area contributed by atoms with Gasteiger partial charge in [0.1, 0.15) is 0 Å². The minimum absolute atomic E-state index is 0. The summed E-state index contributed by atoms with van der Waals surface area (Å²) in [7, 11) is 0. The molecule has 3 rings (SSSR count). The summed E-state index contributed by atoms with van der Waals surface area (Å²) in [5, 5.41) is 4.23. The molecule has 1 atom stereocenters. The largest absolute Gasteiger partial charge is 0.357 e. The summed E-state index contributed by atoms with van der Waals surface area (Å²) in [6.07, 6.45) is 5.98. The lowest BCUT2D eigenvalue weighted by Crippen LogP contribution is -2.48. The third-order valence-corrected chi connectivity index (χ3v) is 6.70. The second-order valence-electron chi connectivity index (χ2n) is 7.31.